The van der Waals surface area contributed by atoms with Crippen LogP contribution in [0, 0.1) is 47.9 Å². The Morgan fingerprint density at radius 1 is 0.854 bits per heavy atom. The van der Waals surface area contributed by atoms with Crippen LogP contribution in [0.1, 0.15) is 101 Å². The summed E-state index contributed by atoms with van der Waals surface area (Å²) in [7, 11) is -5.29. The summed E-state index contributed by atoms with van der Waals surface area (Å²) in [5.74, 6) is 13.8. The van der Waals surface area contributed by atoms with Crippen molar-refractivity contribution in [1.29, 1.82) is 0 Å². The molecule has 0 aliphatic carbocycles. The summed E-state index contributed by atoms with van der Waals surface area (Å²) >= 11 is 3.33. The first-order chi connectivity index (χ1) is 18.5. The molecule has 0 radical (unpaired) electrons. The third-order valence-electron chi connectivity index (χ3n) is 4.59. The van der Waals surface area contributed by atoms with Crippen molar-refractivity contribution in [3.8, 4) is 47.9 Å². The Morgan fingerprint density at radius 3 is 1.80 bits per heavy atom. The van der Waals surface area contributed by atoms with Gasteiger partial charge in [-0.25, -0.2) is 4.79 Å². The van der Waals surface area contributed by atoms with E-state index >= 15 is 0 Å². The zero-order valence-electron chi connectivity index (χ0n) is 24.6. The molecule has 0 N–H and O–H groups in total. The van der Waals surface area contributed by atoms with Crippen LogP contribution < -0.4 is 68.9 Å². The van der Waals surface area contributed by atoms with Crippen LogP contribution in [0.2, 0.25) is 0 Å². The molecule has 0 aliphatic rings. The van der Waals surface area contributed by atoms with Gasteiger partial charge in [-0.2, -0.15) is 0 Å². The van der Waals surface area contributed by atoms with Gasteiger partial charge >= 0.3 is 71.1 Å². The first-order valence-corrected chi connectivity index (χ1v) is 14.6. The summed E-state index contributed by atoms with van der Waals surface area (Å²) < 4.78 is 24.8. The Bertz CT molecular complexity index is 1030. The van der Waals surface area contributed by atoms with Crippen LogP contribution in [-0.4, -0.2) is 36.4 Å². The SMILES string of the molecule is C#CC#CC#CC#CC(=O)OC[C@H](COP(=O)([O-])[O-])OC(=O)CCCCCCCCCCCCC.CC(=O)S.[HH].[HH].[HH].[HH].[HH].[HH].[HH].[Na+].[Na+]. The fraction of sp³-hybridized carbons (Fsp3) is 0.607. The molecule has 0 amide bonds. The zero-order valence-corrected chi connectivity index (χ0v) is 30.4. The van der Waals surface area contributed by atoms with E-state index in [1.165, 1.54) is 51.9 Å². The summed E-state index contributed by atoms with van der Waals surface area (Å²) in [6, 6.07) is 0. The molecule has 41 heavy (non-hydrogen) atoms. The molecular formula is C28H51Na2O9PS. The third kappa shape index (κ3) is 43.9. The van der Waals surface area contributed by atoms with Crippen LogP contribution in [-0.2, 0) is 32.9 Å². The summed E-state index contributed by atoms with van der Waals surface area (Å²) in [5, 5.41) is -0.139. The van der Waals surface area contributed by atoms with Gasteiger partial charge in [0.1, 0.15) is 6.61 Å². The number of phosphoric acid groups is 1. The van der Waals surface area contributed by atoms with Crippen molar-refractivity contribution >= 4 is 37.5 Å². The molecule has 0 rings (SSSR count). The smallest absolute Gasteiger partial charge is 0.790 e. The van der Waals surface area contributed by atoms with Crippen molar-refractivity contribution in [3.63, 3.8) is 0 Å². The Hall–Kier alpha value is -0.690. The molecule has 0 aromatic heterocycles. The fourth-order valence-corrected chi connectivity index (χ4v) is 3.23. The van der Waals surface area contributed by atoms with E-state index in [4.69, 9.17) is 15.9 Å². The number of hydrogen-bond acceptors (Lipinski definition) is 9. The minimum atomic E-state index is -5.29. The van der Waals surface area contributed by atoms with E-state index in [1.54, 1.807) is 0 Å². The van der Waals surface area contributed by atoms with Crippen LogP contribution in [0.15, 0.2) is 0 Å². The van der Waals surface area contributed by atoms with E-state index in [2.05, 4.69) is 65.5 Å². The molecule has 230 valence electrons. The first-order valence-electron chi connectivity index (χ1n) is 12.7. The predicted octanol–water partition coefficient (Wildman–Crippen LogP) is -1.18. The number of terminal acetylenes is 1. The molecule has 0 spiro atoms. The van der Waals surface area contributed by atoms with E-state index in [9.17, 15) is 28.7 Å². The topological polar surface area (TPSA) is 142 Å². The Labute approximate surface area is 305 Å². The molecule has 0 unspecified atom stereocenters. The second-order valence-electron chi connectivity index (χ2n) is 8.15. The standard InChI is InChI=1S/C26H35O8P.C2H4OS.2Na.7H2/c1-3-5-7-9-11-12-13-14-15-17-19-21-26(28)34-24(23-33-35(29,30)31)22-32-25(27)20-18-16-10-8-6-4-2;1-2(3)4;;;;;;;;;/h2,24H,3,5,7,9,11-15,17,19,21-23H2,1H3,(H2,29,30,31);1H3,(H,3,4);;;7*1H/q;;2*+1;;;;;;;/p-2/t24-;;;;;;;;;;/m1........../s1. The molecular weight excluding hydrogens is 589 g/mol. The molecule has 13 heteroatoms. The minimum Gasteiger partial charge on any atom is -0.790 e. The van der Waals surface area contributed by atoms with Crippen molar-refractivity contribution in [1.82, 2.24) is 0 Å². The van der Waals surface area contributed by atoms with Gasteiger partial charge in [-0.3, -0.25) is 9.59 Å². The molecule has 0 bridgehead atoms. The van der Waals surface area contributed by atoms with E-state index in [1.807, 2.05) is 0 Å². The van der Waals surface area contributed by atoms with Crippen LogP contribution >= 0.6 is 20.5 Å². The summed E-state index contributed by atoms with van der Waals surface area (Å²) in [4.78, 5) is 54.5. The average molecular weight is 641 g/mol. The summed E-state index contributed by atoms with van der Waals surface area (Å²) in [6.07, 6.45) is 16.1. The molecule has 0 aromatic rings. The van der Waals surface area contributed by atoms with Crippen molar-refractivity contribution in [2.75, 3.05) is 13.2 Å². The van der Waals surface area contributed by atoms with Crippen molar-refractivity contribution < 1.29 is 112 Å². The number of phosphoric ester groups is 1. The van der Waals surface area contributed by atoms with Gasteiger partial charge in [-0.1, -0.05) is 71.1 Å². The van der Waals surface area contributed by atoms with Crippen LogP contribution in [0.5, 0.6) is 0 Å². The molecule has 9 nitrogen and oxygen atoms in total. The Morgan fingerprint density at radius 2 is 1.32 bits per heavy atom. The number of thiol groups is 1. The molecule has 0 aliphatic heterocycles. The molecule has 1 atom stereocenters. The van der Waals surface area contributed by atoms with Crippen molar-refractivity contribution in [2.24, 2.45) is 0 Å². The van der Waals surface area contributed by atoms with Crippen LogP contribution in [0.25, 0.3) is 0 Å². The number of unbranched alkanes of at least 4 members (excludes halogenated alkanes) is 10. The van der Waals surface area contributed by atoms with Gasteiger partial charge in [0.2, 0.25) is 0 Å². The first kappa shape index (κ1) is 47.2. The number of esters is 2. The van der Waals surface area contributed by atoms with E-state index in [-0.39, 0.29) is 80.6 Å². The van der Waals surface area contributed by atoms with E-state index in [0.29, 0.717) is 6.42 Å². The van der Waals surface area contributed by atoms with Gasteiger partial charge in [0.05, 0.1) is 14.4 Å². The van der Waals surface area contributed by atoms with Crippen molar-refractivity contribution in [2.45, 2.75) is 97.0 Å². The second kappa shape index (κ2) is 33.8. The van der Waals surface area contributed by atoms with Crippen LogP contribution in [0.3, 0.4) is 0 Å². The van der Waals surface area contributed by atoms with E-state index in [0.717, 1.165) is 19.3 Å². The molecule has 0 heterocycles. The normalized spacial score (nSPS) is 9.85. The van der Waals surface area contributed by atoms with Gasteiger partial charge in [-0.05, 0) is 41.9 Å². The summed E-state index contributed by atoms with van der Waals surface area (Å²) in [6.45, 7) is 2.28. The van der Waals surface area contributed by atoms with Gasteiger partial charge < -0.3 is 28.3 Å². The van der Waals surface area contributed by atoms with Gasteiger partial charge in [0.25, 0.3) is 0 Å². The maximum atomic E-state index is 12.1. The number of ether oxygens (including phenoxy) is 2. The second-order valence-corrected chi connectivity index (χ2v) is 9.93. The number of rotatable bonds is 18. The number of hydrogen-bond donors (Lipinski definition) is 1. The molecule has 0 saturated heterocycles. The largest absolute Gasteiger partial charge is 1.00 e. The minimum absolute atomic E-state index is 0. The molecule has 0 saturated carbocycles. The maximum absolute atomic E-state index is 12.1. The van der Waals surface area contributed by atoms with Gasteiger partial charge in [0, 0.05) is 29.3 Å². The molecule has 0 aromatic carbocycles. The Kier molecular flexibility index (Phi) is 39.0. The maximum Gasteiger partial charge on any atom is 1.00 e. The Balaban J connectivity index is -0.000000110. The monoisotopic (exact) mass is 640 g/mol. The fourth-order valence-electron chi connectivity index (χ4n) is 2.89. The number of carbonyl (C=O) groups excluding carboxylic acids is 3. The predicted molar refractivity (Wildman–Crippen MR) is 162 cm³/mol. The number of carbonyl (C=O) groups is 3. The van der Waals surface area contributed by atoms with Gasteiger partial charge in [0.15, 0.2) is 11.2 Å². The van der Waals surface area contributed by atoms with Crippen LogP contribution in [0.4, 0.5) is 0 Å². The average Bonchev–Trinajstić information content (AvgIpc) is 2.85. The third-order valence-corrected chi connectivity index (χ3v) is 5.05. The summed E-state index contributed by atoms with van der Waals surface area (Å²) in [5.41, 5.74) is 0. The van der Waals surface area contributed by atoms with Gasteiger partial charge in [-0.15, -0.1) is 19.1 Å². The molecule has 0 fully saturated rings. The van der Waals surface area contributed by atoms with E-state index < -0.39 is 39.1 Å². The quantitative estimate of drug-likeness (QED) is 0.0373. The van der Waals surface area contributed by atoms with Crippen molar-refractivity contribution in [3.05, 3.63) is 0 Å². The zero-order chi connectivity index (χ0) is 29.8.